The van der Waals surface area contributed by atoms with Crippen LogP contribution in [0, 0.1) is 12.7 Å². The number of benzene rings is 1. The summed E-state index contributed by atoms with van der Waals surface area (Å²) in [6, 6.07) is 3.35. The Bertz CT molecular complexity index is 1580. The van der Waals surface area contributed by atoms with E-state index in [1.165, 1.54) is 35.2 Å². The van der Waals surface area contributed by atoms with Gasteiger partial charge in [-0.3, -0.25) is 0 Å². The van der Waals surface area contributed by atoms with Crippen LogP contribution in [-0.4, -0.2) is 55.8 Å². The van der Waals surface area contributed by atoms with Gasteiger partial charge in [0, 0.05) is 38.0 Å². The Kier molecular flexibility index (Phi) is 5.77. The highest BCUT2D eigenvalue weighted by atomic mass is 32.2. The van der Waals surface area contributed by atoms with Crippen molar-refractivity contribution in [3.05, 3.63) is 30.0 Å². The van der Waals surface area contributed by atoms with E-state index in [1.807, 2.05) is 0 Å². The summed E-state index contributed by atoms with van der Waals surface area (Å²) in [7, 11) is 1.77. The van der Waals surface area contributed by atoms with Gasteiger partial charge in [-0.1, -0.05) is 0 Å². The topological polar surface area (TPSA) is 135 Å². The lowest BCUT2D eigenvalue weighted by Crippen LogP contribution is -2.46. The van der Waals surface area contributed by atoms with E-state index in [1.54, 1.807) is 20.2 Å². The van der Waals surface area contributed by atoms with E-state index in [0.717, 1.165) is 45.7 Å². The molecule has 2 atom stereocenters. The van der Waals surface area contributed by atoms with Gasteiger partial charge in [0.2, 0.25) is 5.89 Å². The number of thiazole rings is 1. The van der Waals surface area contributed by atoms with Crippen LogP contribution in [0.5, 0.6) is 0 Å². The number of aromatic amines is 1. The van der Waals surface area contributed by atoms with Crippen LogP contribution in [0.15, 0.2) is 32.1 Å². The molecule has 1 aromatic carbocycles. The van der Waals surface area contributed by atoms with Crippen LogP contribution in [0.3, 0.4) is 0 Å². The molecule has 1 fully saturated rings. The molecule has 5 heterocycles. The Labute approximate surface area is 213 Å². The van der Waals surface area contributed by atoms with Crippen LogP contribution < -0.4 is 16.0 Å². The second-order valence-electron chi connectivity index (χ2n) is 8.84. The summed E-state index contributed by atoms with van der Waals surface area (Å²) in [5.41, 5.74) is 8.35. The van der Waals surface area contributed by atoms with Gasteiger partial charge >= 0.3 is 0 Å². The predicted molar refractivity (Wildman–Crippen MR) is 139 cm³/mol. The Morgan fingerprint density at radius 2 is 2.17 bits per heavy atom. The summed E-state index contributed by atoms with van der Waals surface area (Å²) in [4.78, 5) is 19.9. The van der Waals surface area contributed by atoms with Crippen LogP contribution in [0.4, 0.5) is 15.9 Å². The number of nitrogens with zero attached hydrogens (tertiary/aromatic N) is 6. The molecule has 4 N–H and O–H groups in total. The Hall–Kier alpha value is -3.29. The quantitative estimate of drug-likeness (QED) is 0.280. The fraction of sp³-hybridized carbons (Fsp3) is 0.348. The van der Waals surface area contributed by atoms with Crippen LogP contribution in [0.1, 0.15) is 25.7 Å². The first-order valence-corrected chi connectivity index (χ1v) is 13.2. The fourth-order valence-electron chi connectivity index (χ4n) is 4.68. The summed E-state index contributed by atoms with van der Waals surface area (Å²) in [6.45, 7) is 4.65. The number of hydrogen-bond donors (Lipinski definition) is 3. The zero-order chi connectivity index (χ0) is 25.0. The highest BCUT2D eigenvalue weighted by Gasteiger charge is 2.28. The van der Waals surface area contributed by atoms with Crippen molar-refractivity contribution in [3.8, 4) is 10.9 Å². The molecule has 0 radical (unpaired) electrons. The molecule has 0 bridgehead atoms. The maximum absolute atomic E-state index is 14.6. The minimum Gasteiger partial charge on any atom is -0.419 e. The third kappa shape index (κ3) is 4.06. The zero-order valence-corrected chi connectivity index (χ0v) is 21.5. The van der Waals surface area contributed by atoms with Crippen LogP contribution in [-0.2, 0) is 0 Å². The van der Waals surface area contributed by atoms with Gasteiger partial charge in [0.1, 0.15) is 17.3 Å². The molecule has 0 spiro atoms. The van der Waals surface area contributed by atoms with Gasteiger partial charge in [0.25, 0.3) is 5.89 Å². The lowest BCUT2D eigenvalue weighted by Gasteiger charge is -2.37. The molecular formula is C23H24FN9OS2. The van der Waals surface area contributed by atoms with Crippen molar-refractivity contribution >= 4 is 56.5 Å². The monoisotopic (exact) mass is 525 g/mol. The van der Waals surface area contributed by atoms with Crippen LogP contribution in [0.25, 0.3) is 32.8 Å². The molecule has 10 nitrogen and oxygen atoms in total. The van der Waals surface area contributed by atoms with Gasteiger partial charge in [-0.2, -0.15) is 0 Å². The third-order valence-corrected chi connectivity index (χ3v) is 8.28. The van der Waals surface area contributed by atoms with Crippen molar-refractivity contribution in [1.82, 2.24) is 30.1 Å². The SMILES string of the molecule is CNc1cc(F)cc2c1[nH]c1nc(Sc3cnc(-c4nnc(C)o4)s3)nc(N3CCC(N)C[C@H]3C)c12. The summed E-state index contributed by atoms with van der Waals surface area (Å²) in [5, 5.41) is 13.8. The number of nitrogens with one attached hydrogen (secondary N) is 2. The smallest absolute Gasteiger partial charge is 0.276 e. The number of fused-ring (bicyclic) bond motifs is 3. The number of H-pyrrole nitrogens is 1. The highest BCUT2D eigenvalue weighted by molar-refractivity contribution is 8.01. The number of aryl methyl sites for hydroxylation is 1. The minimum absolute atomic E-state index is 0.155. The number of hydrogen-bond acceptors (Lipinski definition) is 11. The van der Waals surface area contributed by atoms with Crippen molar-refractivity contribution in [1.29, 1.82) is 0 Å². The van der Waals surface area contributed by atoms with Gasteiger partial charge < -0.3 is 25.4 Å². The molecule has 6 rings (SSSR count). The third-order valence-electron chi connectivity index (χ3n) is 6.33. The molecule has 13 heteroatoms. The van der Waals surface area contributed by atoms with Gasteiger partial charge in [-0.25, -0.2) is 19.3 Å². The second-order valence-corrected chi connectivity index (χ2v) is 11.1. The van der Waals surface area contributed by atoms with Crippen molar-refractivity contribution < 1.29 is 8.81 Å². The molecule has 1 aliphatic heterocycles. The van der Waals surface area contributed by atoms with E-state index >= 15 is 0 Å². The van der Waals surface area contributed by atoms with Gasteiger partial charge in [-0.05, 0) is 43.7 Å². The predicted octanol–water partition coefficient (Wildman–Crippen LogP) is 4.57. The van der Waals surface area contributed by atoms with Crippen molar-refractivity contribution in [3.63, 3.8) is 0 Å². The van der Waals surface area contributed by atoms with Gasteiger partial charge in [0.05, 0.1) is 27.0 Å². The first-order valence-electron chi connectivity index (χ1n) is 11.6. The van der Waals surface area contributed by atoms with Crippen LogP contribution >= 0.6 is 23.1 Å². The van der Waals surface area contributed by atoms with E-state index in [2.05, 4.69) is 37.3 Å². The zero-order valence-electron chi connectivity index (χ0n) is 19.9. The molecule has 5 aromatic rings. The molecule has 1 aliphatic rings. The van der Waals surface area contributed by atoms with E-state index in [9.17, 15) is 4.39 Å². The summed E-state index contributed by atoms with van der Waals surface area (Å²) < 4.78 is 20.9. The lowest BCUT2D eigenvalue weighted by molar-refractivity contribution is 0.427. The molecule has 1 saturated heterocycles. The van der Waals surface area contributed by atoms with E-state index in [0.29, 0.717) is 33.3 Å². The fourth-order valence-corrected chi connectivity index (χ4v) is 6.43. The maximum atomic E-state index is 14.6. The average Bonchev–Trinajstić information content (AvgIpc) is 3.57. The standard InChI is InChI=1S/C23H24FN9OS2/c1-10-6-13(25)4-5-33(10)20-17-14-7-12(24)8-15(26-3)18(14)28-19(17)29-23(30-20)36-16-9-27-22(35-16)21-32-31-11(2)34-21/h7-10,13,26H,4-6,25H2,1-3H3,(H,28,29,30)/t10-,13?/m1/s1. The number of aromatic nitrogens is 6. The molecule has 4 aromatic heterocycles. The Balaban J connectivity index is 1.47. The normalized spacial score (nSPS) is 18.4. The minimum atomic E-state index is -0.320. The molecule has 0 saturated carbocycles. The van der Waals surface area contributed by atoms with Crippen molar-refractivity contribution in [2.24, 2.45) is 5.73 Å². The van der Waals surface area contributed by atoms with E-state index < -0.39 is 0 Å². The first-order chi connectivity index (χ1) is 17.4. The number of rotatable bonds is 5. The Morgan fingerprint density at radius 3 is 2.92 bits per heavy atom. The molecule has 0 amide bonds. The summed E-state index contributed by atoms with van der Waals surface area (Å²) >= 11 is 2.84. The first kappa shape index (κ1) is 23.1. The van der Waals surface area contributed by atoms with E-state index in [4.69, 9.17) is 20.1 Å². The molecule has 1 unspecified atom stereocenters. The number of halogens is 1. The second kappa shape index (κ2) is 8.98. The van der Waals surface area contributed by atoms with Gasteiger partial charge in [-0.15, -0.1) is 21.5 Å². The van der Waals surface area contributed by atoms with Crippen molar-refractivity contribution in [2.45, 2.75) is 48.1 Å². The largest absolute Gasteiger partial charge is 0.419 e. The van der Waals surface area contributed by atoms with Crippen molar-refractivity contribution in [2.75, 3.05) is 23.8 Å². The molecule has 186 valence electrons. The lowest BCUT2D eigenvalue weighted by atomic mass is 9.98. The highest BCUT2D eigenvalue weighted by Crippen LogP contribution is 2.40. The molecule has 36 heavy (non-hydrogen) atoms. The number of anilines is 2. The molecule has 0 aliphatic carbocycles. The number of nitrogens with two attached hydrogens (primary N) is 1. The summed E-state index contributed by atoms with van der Waals surface area (Å²) in [6.07, 6.45) is 3.46. The Morgan fingerprint density at radius 1 is 1.31 bits per heavy atom. The maximum Gasteiger partial charge on any atom is 0.276 e. The molecular weight excluding hydrogens is 501 g/mol. The average molecular weight is 526 g/mol. The van der Waals surface area contributed by atoms with Crippen LogP contribution in [0.2, 0.25) is 0 Å². The summed E-state index contributed by atoms with van der Waals surface area (Å²) in [5.74, 6) is 1.33. The van der Waals surface area contributed by atoms with E-state index in [-0.39, 0.29) is 17.9 Å². The van der Waals surface area contributed by atoms with Gasteiger partial charge in [0.15, 0.2) is 10.2 Å². The number of piperidine rings is 1.